The Balaban J connectivity index is 1.15. The van der Waals surface area contributed by atoms with Crippen LogP contribution in [0, 0.1) is 75.0 Å². The Morgan fingerprint density at radius 2 is 1.26 bits per heavy atom. The number of hydrogen-bond donors (Lipinski definition) is 0. The van der Waals surface area contributed by atoms with E-state index in [1.165, 1.54) is 0 Å². The highest BCUT2D eigenvalue weighted by Gasteiger charge is 2.61. The lowest BCUT2D eigenvalue weighted by Gasteiger charge is -2.57. The Labute approximate surface area is 333 Å². The molecule has 0 aromatic heterocycles. The highest BCUT2D eigenvalue weighted by Crippen LogP contribution is 2.67. The van der Waals surface area contributed by atoms with Crippen molar-refractivity contribution in [3.05, 3.63) is 111 Å². The van der Waals surface area contributed by atoms with Gasteiger partial charge in [-0.15, -0.1) is 0 Å². The molecule has 0 bridgehead atoms. The highest BCUT2D eigenvalue weighted by atomic mass is 16.6. The predicted octanol–water partition coefficient (Wildman–Crippen LogP) is 8.77. The number of nitro groups is 4. The summed E-state index contributed by atoms with van der Waals surface area (Å²) in [5.41, 5.74) is -0.246. The Morgan fingerprint density at radius 3 is 1.78 bits per heavy atom. The number of nitrogens with zero attached hydrogens (tertiary/aromatic N) is 4. The van der Waals surface area contributed by atoms with Gasteiger partial charge in [0.05, 0.1) is 49.1 Å². The van der Waals surface area contributed by atoms with Crippen molar-refractivity contribution in [3.63, 3.8) is 0 Å². The number of rotatable bonds is 9. The van der Waals surface area contributed by atoms with Crippen molar-refractivity contribution in [1.82, 2.24) is 0 Å². The first kappa shape index (κ1) is 40.6. The summed E-state index contributed by atoms with van der Waals surface area (Å²) in [5.74, 6) is -0.771. The Hall–Kier alpha value is -5.58. The molecule has 3 saturated carbocycles. The van der Waals surface area contributed by atoms with Crippen molar-refractivity contribution in [1.29, 1.82) is 0 Å². The van der Waals surface area contributed by atoms with E-state index in [2.05, 4.69) is 26.8 Å². The monoisotopic (exact) mass is 802 g/mol. The molecule has 2 aromatic rings. The van der Waals surface area contributed by atoms with Crippen LogP contribution < -0.4 is 0 Å². The molecule has 1 aliphatic heterocycles. The first-order valence-corrected chi connectivity index (χ1v) is 19.7. The van der Waals surface area contributed by atoms with Crippen LogP contribution in [-0.2, 0) is 14.2 Å². The van der Waals surface area contributed by atoms with E-state index in [9.17, 15) is 50.0 Å². The van der Waals surface area contributed by atoms with Crippen molar-refractivity contribution >= 4 is 34.7 Å². The zero-order chi connectivity index (χ0) is 41.8. The van der Waals surface area contributed by atoms with Gasteiger partial charge in [-0.3, -0.25) is 40.5 Å². The van der Waals surface area contributed by atoms with Crippen LogP contribution in [0.2, 0.25) is 0 Å². The summed E-state index contributed by atoms with van der Waals surface area (Å²) in [6.07, 6.45) is 7.27. The highest BCUT2D eigenvalue weighted by molar-refractivity contribution is 5.92. The molecule has 1 heterocycles. The number of nitro benzene ring substituents is 4. The number of esters is 2. The summed E-state index contributed by atoms with van der Waals surface area (Å²) in [6, 6.07) is 5.59. The maximum Gasteiger partial charge on any atom is 0.339 e. The van der Waals surface area contributed by atoms with Crippen LogP contribution in [0.5, 0.6) is 0 Å². The number of carbonyl (C=O) groups is 2. The number of ether oxygens (including phenoxy) is 3. The van der Waals surface area contributed by atoms with E-state index < -0.39 is 66.6 Å². The lowest BCUT2D eigenvalue weighted by atomic mass is 9.47. The molecule has 5 aliphatic rings. The van der Waals surface area contributed by atoms with Gasteiger partial charge in [-0.1, -0.05) is 32.4 Å². The molecule has 17 nitrogen and oxygen atoms in total. The van der Waals surface area contributed by atoms with Crippen molar-refractivity contribution in [2.75, 3.05) is 6.61 Å². The normalized spacial score (nSPS) is 32.3. The molecule has 17 heteroatoms. The molecule has 9 unspecified atom stereocenters. The van der Waals surface area contributed by atoms with Crippen LogP contribution in [-0.4, -0.2) is 56.6 Å². The number of non-ortho nitro benzene ring substituents is 4. The molecular weight excluding hydrogens is 756 g/mol. The summed E-state index contributed by atoms with van der Waals surface area (Å²) >= 11 is 0. The van der Waals surface area contributed by atoms with Crippen LogP contribution in [0.25, 0.3) is 0 Å². The van der Waals surface area contributed by atoms with Gasteiger partial charge in [-0.25, -0.2) is 9.59 Å². The van der Waals surface area contributed by atoms with Crippen molar-refractivity contribution in [2.45, 2.75) is 104 Å². The van der Waals surface area contributed by atoms with Crippen LogP contribution in [0.1, 0.15) is 106 Å². The molecule has 308 valence electrons. The summed E-state index contributed by atoms with van der Waals surface area (Å²) in [7, 11) is 0. The van der Waals surface area contributed by atoms with Gasteiger partial charge in [-0.05, 0) is 104 Å². The van der Waals surface area contributed by atoms with Crippen LogP contribution in [0.15, 0.2) is 59.2 Å². The average molecular weight is 803 g/mol. The molecule has 58 heavy (non-hydrogen) atoms. The molecule has 4 fully saturated rings. The van der Waals surface area contributed by atoms with Gasteiger partial charge in [-0.2, -0.15) is 0 Å². The average Bonchev–Trinajstić information content (AvgIpc) is 3.48. The second-order valence-electron chi connectivity index (χ2n) is 17.2. The maximum absolute atomic E-state index is 13.8. The van der Waals surface area contributed by atoms with Gasteiger partial charge < -0.3 is 14.2 Å². The first-order chi connectivity index (χ1) is 27.4. The minimum Gasteiger partial charge on any atom is -0.458 e. The van der Waals surface area contributed by atoms with E-state index in [4.69, 9.17) is 14.2 Å². The molecular formula is C41H46N4O13. The maximum atomic E-state index is 13.8. The summed E-state index contributed by atoms with van der Waals surface area (Å²) in [4.78, 5) is 70.0. The molecule has 2 aromatic carbocycles. The molecule has 1 saturated heterocycles. The SMILES string of the molecule is C/C(=C1/C(OC(=O)c2cc([N+](=O)[O-])cc([N+](=O)[O-])c2)CC2C3CC=C4CC(OC(=O)c5cc([N+](=O)[O-])cc([N+](=O)[O-])c5)CCC4(C)C3CCC12C)C1CCC(C)CO1. The molecule has 0 spiro atoms. The molecule has 7 rings (SSSR count). The minimum atomic E-state index is -0.871. The van der Waals surface area contributed by atoms with Crippen LogP contribution in [0.3, 0.4) is 0 Å². The Bertz CT molecular complexity index is 2100. The number of hydrogen-bond acceptors (Lipinski definition) is 13. The smallest absolute Gasteiger partial charge is 0.339 e. The van der Waals surface area contributed by atoms with Gasteiger partial charge in [0.1, 0.15) is 12.2 Å². The topological polar surface area (TPSA) is 234 Å². The third kappa shape index (κ3) is 7.35. The summed E-state index contributed by atoms with van der Waals surface area (Å²) < 4.78 is 18.5. The van der Waals surface area contributed by atoms with E-state index in [-0.39, 0.29) is 45.8 Å². The zero-order valence-corrected chi connectivity index (χ0v) is 32.8. The van der Waals surface area contributed by atoms with E-state index >= 15 is 0 Å². The lowest BCUT2D eigenvalue weighted by Crippen LogP contribution is -2.50. The second kappa shape index (κ2) is 15.3. The molecule has 0 N–H and O–H groups in total. The third-order valence-corrected chi connectivity index (χ3v) is 13.9. The largest absolute Gasteiger partial charge is 0.458 e. The fourth-order valence-electron chi connectivity index (χ4n) is 11.0. The molecule has 4 aliphatic carbocycles. The van der Waals surface area contributed by atoms with E-state index in [1.54, 1.807) is 0 Å². The van der Waals surface area contributed by atoms with Crippen molar-refractivity contribution in [3.8, 4) is 0 Å². The molecule has 0 radical (unpaired) electrons. The standard InChI is InChI=1S/C41H46N4O13/c1-22-5-8-35(56-21-22)23(2)37-36(58-39(47)25-15-29(44(52)53)19-30(16-25)45(54)55)20-34-32-7-6-26-17-31(9-11-40(26,3)33(32)10-12-41(34,37)4)57-38(46)24-13-27(42(48)49)18-28(14-24)43(50)51/h6,13-16,18-19,22,31-36H,5,7-12,17,20-21H2,1-4H3/b37-23+. The van der Waals surface area contributed by atoms with E-state index in [1.807, 2.05) is 6.92 Å². The van der Waals surface area contributed by atoms with Crippen LogP contribution in [0.4, 0.5) is 22.7 Å². The minimum absolute atomic E-state index is 0.0887. The van der Waals surface area contributed by atoms with E-state index in [0.717, 1.165) is 85.2 Å². The van der Waals surface area contributed by atoms with Crippen molar-refractivity contribution < 1.29 is 43.5 Å². The number of allylic oxidation sites excluding steroid dienone is 1. The summed E-state index contributed by atoms with van der Waals surface area (Å²) in [5, 5.41) is 46.1. The van der Waals surface area contributed by atoms with Gasteiger partial charge in [0.25, 0.3) is 22.7 Å². The fourth-order valence-corrected chi connectivity index (χ4v) is 11.0. The quantitative estimate of drug-likeness (QED) is 0.0999. The molecule has 0 amide bonds. The third-order valence-electron chi connectivity index (χ3n) is 13.9. The van der Waals surface area contributed by atoms with Crippen molar-refractivity contribution in [2.24, 2.45) is 34.5 Å². The van der Waals surface area contributed by atoms with Crippen LogP contribution >= 0.6 is 0 Å². The fraction of sp³-hybridized carbons (Fsp3) is 0.561. The number of benzene rings is 2. The van der Waals surface area contributed by atoms with E-state index in [0.29, 0.717) is 38.2 Å². The van der Waals surface area contributed by atoms with Gasteiger partial charge in [0.15, 0.2) is 0 Å². The number of fused-ring (bicyclic) bond motifs is 5. The van der Waals surface area contributed by atoms with Gasteiger partial charge in [0, 0.05) is 37.3 Å². The van der Waals surface area contributed by atoms with Gasteiger partial charge >= 0.3 is 11.9 Å². The molecule has 9 atom stereocenters. The Kier molecular flexibility index (Phi) is 10.7. The lowest BCUT2D eigenvalue weighted by molar-refractivity contribution is -0.394. The first-order valence-electron chi connectivity index (χ1n) is 19.7. The van der Waals surface area contributed by atoms with Gasteiger partial charge in [0.2, 0.25) is 0 Å². The zero-order valence-electron chi connectivity index (χ0n) is 32.8. The Morgan fingerprint density at radius 1 is 0.724 bits per heavy atom. The number of carbonyl (C=O) groups excluding carboxylic acids is 2. The predicted molar refractivity (Wildman–Crippen MR) is 206 cm³/mol. The summed E-state index contributed by atoms with van der Waals surface area (Å²) in [6.45, 7) is 9.28. The second-order valence-corrected chi connectivity index (χ2v) is 17.2.